The summed E-state index contributed by atoms with van der Waals surface area (Å²) >= 11 is 0. The van der Waals surface area contributed by atoms with Crippen molar-refractivity contribution in [1.82, 2.24) is 0 Å². The van der Waals surface area contributed by atoms with E-state index in [0.29, 0.717) is 25.2 Å². The molecule has 94 valence electrons. The fraction of sp³-hybridized carbons (Fsp3) is 0.571. The molecule has 1 aliphatic rings. The Morgan fingerprint density at radius 3 is 2.65 bits per heavy atom. The monoisotopic (exact) mass is 238 g/mol. The molecule has 0 aromatic heterocycles. The highest BCUT2D eigenvalue weighted by Gasteiger charge is 2.33. The zero-order valence-electron chi connectivity index (χ0n) is 10.2. The molecule has 0 aliphatic carbocycles. The van der Waals surface area contributed by atoms with E-state index >= 15 is 0 Å². The number of aliphatic hydroxyl groups is 1. The molecule has 1 unspecified atom stereocenters. The van der Waals surface area contributed by atoms with Crippen molar-refractivity contribution in [2.75, 3.05) is 13.2 Å². The number of ether oxygens (including phenoxy) is 1. The first-order valence-electron chi connectivity index (χ1n) is 6.13. The molecule has 1 aromatic carbocycles. The van der Waals surface area contributed by atoms with Crippen LogP contribution in [0, 0.1) is 11.7 Å². The topological polar surface area (TPSA) is 29.5 Å². The second-order valence-corrected chi connectivity index (χ2v) is 5.01. The third-order valence-corrected chi connectivity index (χ3v) is 3.61. The minimum Gasteiger partial charge on any atom is -0.390 e. The Labute approximate surface area is 101 Å². The second-order valence-electron chi connectivity index (χ2n) is 5.01. The van der Waals surface area contributed by atoms with Crippen LogP contribution in [0.1, 0.15) is 25.3 Å². The SMILES string of the molecule is CC(O)(Cc1ccccc1F)C1CCOCC1. The van der Waals surface area contributed by atoms with Gasteiger partial charge in [-0.2, -0.15) is 0 Å². The van der Waals surface area contributed by atoms with Crippen LogP contribution < -0.4 is 0 Å². The van der Waals surface area contributed by atoms with Crippen LogP contribution in [0.15, 0.2) is 24.3 Å². The van der Waals surface area contributed by atoms with Gasteiger partial charge >= 0.3 is 0 Å². The normalized spacial score (nSPS) is 21.1. The molecule has 0 saturated carbocycles. The predicted molar refractivity (Wildman–Crippen MR) is 64.3 cm³/mol. The van der Waals surface area contributed by atoms with Crippen LogP contribution in [0.25, 0.3) is 0 Å². The zero-order valence-corrected chi connectivity index (χ0v) is 10.2. The second kappa shape index (κ2) is 5.15. The molecule has 1 fully saturated rings. The Bertz CT molecular complexity index is 370. The molecule has 1 saturated heterocycles. The third-order valence-electron chi connectivity index (χ3n) is 3.61. The number of hydrogen-bond donors (Lipinski definition) is 1. The van der Waals surface area contributed by atoms with Crippen molar-refractivity contribution in [2.24, 2.45) is 5.92 Å². The summed E-state index contributed by atoms with van der Waals surface area (Å²) < 4.78 is 18.8. The van der Waals surface area contributed by atoms with Crippen molar-refractivity contribution in [3.63, 3.8) is 0 Å². The standard InChI is InChI=1S/C14H19FO2/c1-14(16,12-6-8-17-9-7-12)10-11-4-2-3-5-13(11)15/h2-5,12,16H,6-10H2,1H3. The molecule has 3 heteroatoms. The van der Waals surface area contributed by atoms with Crippen LogP contribution in [0.2, 0.25) is 0 Å². The van der Waals surface area contributed by atoms with Crippen LogP contribution >= 0.6 is 0 Å². The van der Waals surface area contributed by atoms with Gasteiger partial charge in [-0.25, -0.2) is 4.39 Å². The van der Waals surface area contributed by atoms with Crippen molar-refractivity contribution in [3.05, 3.63) is 35.6 Å². The van der Waals surface area contributed by atoms with Gasteiger partial charge in [-0.3, -0.25) is 0 Å². The van der Waals surface area contributed by atoms with E-state index in [-0.39, 0.29) is 11.7 Å². The lowest BCUT2D eigenvalue weighted by Gasteiger charge is -2.35. The summed E-state index contributed by atoms with van der Waals surface area (Å²) in [5.74, 6) is -0.0457. The first kappa shape index (κ1) is 12.5. The van der Waals surface area contributed by atoms with E-state index in [1.807, 2.05) is 0 Å². The van der Waals surface area contributed by atoms with Crippen LogP contribution in [-0.2, 0) is 11.2 Å². The minimum absolute atomic E-state index is 0.191. The summed E-state index contributed by atoms with van der Waals surface area (Å²) in [6.45, 7) is 3.19. The highest BCUT2D eigenvalue weighted by atomic mass is 19.1. The number of halogens is 1. The van der Waals surface area contributed by atoms with E-state index in [0.717, 1.165) is 12.8 Å². The van der Waals surface area contributed by atoms with Gasteiger partial charge in [0.05, 0.1) is 5.60 Å². The van der Waals surface area contributed by atoms with E-state index in [2.05, 4.69) is 0 Å². The van der Waals surface area contributed by atoms with Crippen molar-refractivity contribution in [1.29, 1.82) is 0 Å². The van der Waals surface area contributed by atoms with Gasteiger partial charge in [-0.1, -0.05) is 18.2 Å². The van der Waals surface area contributed by atoms with Gasteiger partial charge < -0.3 is 9.84 Å². The fourth-order valence-electron chi connectivity index (χ4n) is 2.49. The minimum atomic E-state index is -0.855. The zero-order chi connectivity index (χ0) is 12.3. The van der Waals surface area contributed by atoms with Crippen LogP contribution in [-0.4, -0.2) is 23.9 Å². The van der Waals surface area contributed by atoms with Crippen LogP contribution in [0.3, 0.4) is 0 Å². The van der Waals surface area contributed by atoms with Gasteiger partial charge in [-0.05, 0) is 37.3 Å². The summed E-state index contributed by atoms with van der Waals surface area (Å²) in [6.07, 6.45) is 2.06. The maximum atomic E-state index is 13.6. The molecule has 1 N–H and O–H groups in total. The first-order chi connectivity index (χ1) is 8.09. The lowest BCUT2D eigenvalue weighted by atomic mass is 9.79. The van der Waals surface area contributed by atoms with Gasteiger partial charge in [-0.15, -0.1) is 0 Å². The fourth-order valence-corrected chi connectivity index (χ4v) is 2.49. The molecule has 0 bridgehead atoms. The summed E-state index contributed by atoms with van der Waals surface area (Å²) in [7, 11) is 0. The Morgan fingerprint density at radius 1 is 1.35 bits per heavy atom. The molecule has 1 aromatic rings. The molecule has 1 heterocycles. The average molecular weight is 238 g/mol. The highest BCUT2D eigenvalue weighted by Crippen LogP contribution is 2.30. The van der Waals surface area contributed by atoms with Crippen LogP contribution in [0.4, 0.5) is 4.39 Å². The molecule has 1 atom stereocenters. The molecule has 1 aliphatic heterocycles. The van der Waals surface area contributed by atoms with Crippen molar-refractivity contribution < 1.29 is 14.2 Å². The summed E-state index contributed by atoms with van der Waals surface area (Å²) in [6, 6.07) is 6.65. The van der Waals surface area contributed by atoms with Crippen molar-refractivity contribution in [2.45, 2.75) is 31.8 Å². The van der Waals surface area contributed by atoms with E-state index in [9.17, 15) is 9.50 Å². The Hall–Kier alpha value is -0.930. The third kappa shape index (κ3) is 3.05. The lowest BCUT2D eigenvalue weighted by Crippen LogP contribution is -2.40. The number of rotatable bonds is 3. The Kier molecular flexibility index (Phi) is 3.79. The van der Waals surface area contributed by atoms with Gasteiger partial charge in [0.15, 0.2) is 0 Å². The Morgan fingerprint density at radius 2 is 2.00 bits per heavy atom. The molecule has 0 amide bonds. The van der Waals surface area contributed by atoms with Crippen LogP contribution in [0.5, 0.6) is 0 Å². The molecular formula is C14H19FO2. The maximum absolute atomic E-state index is 13.6. The first-order valence-corrected chi connectivity index (χ1v) is 6.13. The summed E-state index contributed by atoms with van der Waals surface area (Å²) in [4.78, 5) is 0. The van der Waals surface area contributed by atoms with Crippen molar-refractivity contribution in [3.8, 4) is 0 Å². The average Bonchev–Trinajstić information content (AvgIpc) is 2.33. The van der Waals surface area contributed by atoms with Gasteiger partial charge in [0.1, 0.15) is 5.82 Å². The van der Waals surface area contributed by atoms with Gasteiger partial charge in [0.25, 0.3) is 0 Å². The van der Waals surface area contributed by atoms with E-state index in [1.165, 1.54) is 6.07 Å². The highest BCUT2D eigenvalue weighted by molar-refractivity contribution is 5.19. The van der Waals surface area contributed by atoms with Gasteiger partial charge in [0.2, 0.25) is 0 Å². The molecule has 17 heavy (non-hydrogen) atoms. The Balaban J connectivity index is 2.08. The molecule has 0 radical (unpaired) electrons. The summed E-state index contributed by atoms with van der Waals surface area (Å²) in [5, 5.41) is 10.5. The van der Waals surface area contributed by atoms with E-state index in [1.54, 1.807) is 25.1 Å². The quantitative estimate of drug-likeness (QED) is 0.877. The number of benzene rings is 1. The molecule has 2 rings (SSSR count). The summed E-state index contributed by atoms with van der Waals surface area (Å²) in [5.41, 5.74) is -0.268. The maximum Gasteiger partial charge on any atom is 0.126 e. The smallest absolute Gasteiger partial charge is 0.126 e. The molecular weight excluding hydrogens is 219 g/mol. The molecule has 2 nitrogen and oxygen atoms in total. The molecule has 0 spiro atoms. The van der Waals surface area contributed by atoms with Crippen molar-refractivity contribution >= 4 is 0 Å². The van der Waals surface area contributed by atoms with Gasteiger partial charge in [0, 0.05) is 19.6 Å². The lowest BCUT2D eigenvalue weighted by molar-refractivity contribution is -0.0534. The van der Waals surface area contributed by atoms with E-state index < -0.39 is 5.60 Å². The largest absolute Gasteiger partial charge is 0.390 e. The predicted octanol–water partition coefficient (Wildman–Crippen LogP) is 2.55. The van der Waals surface area contributed by atoms with E-state index in [4.69, 9.17) is 4.74 Å². The number of hydrogen-bond acceptors (Lipinski definition) is 2.